The largest absolute Gasteiger partial charge is 0.465 e. The molecule has 0 radical (unpaired) electrons. The van der Waals surface area contributed by atoms with Crippen LogP contribution in [0.1, 0.15) is 71.9 Å². The fourth-order valence-electron chi connectivity index (χ4n) is 7.63. The van der Waals surface area contributed by atoms with E-state index in [4.69, 9.17) is 0 Å². The number of pyridine rings is 1. The number of rotatable bonds is 7. The maximum atomic E-state index is 14.5. The lowest BCUT2D eigenvalue weighted by Crippen LogP contribution is -2.53. The third-order valence-corrected chi connectivity index (χ3v) is 10.2. The smallest absolute Gasteiger partial charge is 0.407 e. The molecule has 1 saturated carbocycles. The molecule has 0 unspecified atom stereocenters. The van der Waals surface area contributed by atoms with Crippen molar-refractivity contribution in [2.45, 2.75) is 90.5 Å². The Hall–Kier alpha value is -4.35. The zero-order chi connectivity index (χ0) is 35.0. The Morgan fingerprint density at radius 1 is 0.959 bits per heavy atom. The van der Waals surface area contributed by atoms with Gasteiger partial charge in [0.05, 0.1) is 17.3 Å². The second kappa shape index (κ2) is 13.9. The molecule has 6 rings (SSSR count). The second-order valence-electron chi connectivity index (χ2n) is 14.8. The molecule has 2 fully saturated rings. The van der Waals surface area contributed by atoms with E-state index in [2.05, 4.69) is 52.9 Å². The molecule has 1 aliphatic carbocycles. The number of carbonyl (C=O) groups is 1. The molecule has 2 aliphatic rings. The van der Waals surface area contributed by atoms with E-state index < -0.39 is 34.7 Å². The van der Waals surface area contributed by atoms with Crippen molar-refractivity contribution >= 4 is 17.1 Å². The summed E-state index contributed by atoms with van der Waals surface area (Å²) >= 11 is 0. The molecule has 1 aliphatic heterocycles. The van der Waals surface area contributed by atoms with Gasteiger partial charge in [0.15, 0.2) is 5.65 Å². The lowest BCUT2D eigenvalue weighted by Gasteiger charge is -2.42. The summed E-state index contributed by atoms with van der Waals surface area (Å²) in [5, 5.41) is 9.94. The van der Waals surface area contributed by atoms with Gasteiger partial charge in [-0.3, -0.25) is 19.2 Å². The number of amides is 1. The number of benzene rings is 2. The van der Waals surface area contributed by atoms with Gasteiger partial charge in [-0.15, -0.1) is 0 Å². The van der Waals surface area contributed by atoms with Crippen molar-refractivity contribution in [3.63, 3.8) is 0 Å². The minimum absolute atomic E-state index is 0.0209. The van der Waals surface area contributed by atoms with Gasteiger partial charge in [-0.1, -0.05) is 36.4 Å². The summed E-state index contributed by atoms with van der Waals surface area (Å²) in [7, 11) is 0. The van der Waals surface area contributed by atoms with Crippen LogP contribution in [-0.4, -0.2) is 83.8 Å². The van der Waals surface area contributed by atoms with Crippen LogP contribution in [0.2, 0.25) is 0 Å². The molecule has 2 aromatic heterocycles. The number of piperazine rings is 1. The summed E-state index contributed by atoms with van der Waals surface area (Å²) in [6.07, 6.45) is 1.91. The Labute approximate surface area is 286 Å². The summed E-state index contributed by atoms with van der Waals surface area (Å²) in [4.78, 5) is 50.9. The van der Waals surface area contributed by atoms with Crippen molar-refractivity contribution in [3.8, 4) is 16.8 Å². The van der Waals surface area contributed by atoms with Gasteiger partial charge in [-0.25, -0.2) is 23.5 Å². The molecule has 11 heteroatoms. The molecule has 0 bridgehead atoms. The van der Waals surface area contributed by atoms with Gasteiger partial charge in [0, 0.05) is 56.4 Å². The minimum Gasteiger partial charge on any atom is -0.465 e. The first-order valence-corrected chi connectivity index (χ1v) is 17.3. The highest BCUT2D eigenvalue weighted by Gasteiger charge is 2.37. The van der Waals surface area contributed by atoms with Crippen LogP contribution >= 0.6 is 0 Å². The predicted molar refractivity (Wildman–Crippen MR) is 190 cm³/mol. The second-order valence-corrected chi connectivity index (χ2v) is 14.8. The Bertz CT molecular complexity index is 1930. The molecule has 4 aromatic rings. The van der Waals surface area contributed by atoms with Crippen LogP contribution < -0.4 is 11.2 Å². The highest BCUT2D eigenvalue weighted by atomic mass is 19.1. The monoisotopic (exact) mass is 670 g/mol. The van der Waals surface area contributed by atoms with Crippen molar-refractivity contribution in [2.75, 3.05) is 26.2 Å². The fourth-order valence-corrected chi connectivity index (χ4v) is 7.63. The number of halogens is 1. The molecule has 2 aromatic carbocycles. The van der Waals surface area contributed by atoms with Gasteiger partial charge in [0.2, 0.25) is 0 Å². The van der Waals surface area contributed by atoms with E-state index in [0.717, 1.165) is 56.1 Å². The molecular weight excluding hydrogens is 623 g/mol. The van der Waals surface area contributed by atoms with Crippen molar-refractivity contribution in [1.82, 2.24) is 28.8 Å². The molecule has 1 N–H and O–H groups in total. The molecule has 260 valence electrons. The highest BCUT2D eigenvalue weighted by molar-refractivity contribution is 5.76. The van der Waals surface area contributed by atoms with Crippen LogP contribution in [0, 0.1) is 5.82 Å². The quantitative estimate of drug-likeness (QED) is 0.252. The number of hydrogen-bond donors (Lipinski definition) is 1. The van der Waals surface area contributed by atoms with Gasteiger partial charge in [0.1, 0.15) is 5.82 Å². The van der Waals surface area contributed by atoms with Crippen LogP contribution in [0.15, 0.2) is 70.4 Å². The van der Waals surface area contributed by atoms with Crippen LogP contribution in [0.5, 0.6) is 0 Å². The third-order valence-electron chi connectivity index (χ3n) is 10.2. The van der Waals surface area contributed by atoms with Crippen molar-refractivity contribution in [1.29, 1.82) is 0 Å². The average Bonchev–Trinajstić information content (AvgIpc) is 3.06. The van der Waals surface area contributed by atoms with Crippen molar-refractivity contribution in [2.24, 2.45) is 0 Å². The molecule has 0 spiro atoms. The number of hydrogen-bond acceptors (Lipinski definition) is 6. The van der Waals surface area contributed by atoms with Crippen LogP contribution in [0.25, 0.3) is 27.8 Å². The normalized spacial score (nSPS) is 19.4. The third kappa shape index (κ3) is 7.19. The van der Waals surface area contributed by atoms with E-state index in [-0.39, 0.29) is 17.1 Å². The molecular formula is C38H47FN6O4. The lowest BCUT2D eigenvalue weighted by molar-refractivity contribution is 0.0506. The van der Waals surface area contributed by atoms with Crippen molar-refractivity contribution in [3.05, 3.63) is 93.0 Å². The lowest BCUT2D eigenvalue weighted by atomic mass is 9.88. The Kier molecular flexibility index (Phi) is 9.77. The number of aromatic nitrogens is 3. The zero-order valence-corrected chi connectivity index (χ0v) is 29.1. The predicted octanol–water partition coefficient (Wildman–Crippen LogP) is 6.14. The minimum atomic E-state index is -0.989. The molecule has 10 nitrogen and oxygen atoms in total. The number of nitrogens with zero attached hydrogens (tertiary/aromatic N) is 6. The first-order valence-electron chi connectivity index (χ1n) is 17.3. The summed E-state index contributed by atoms with van der Waals surface area (Å²) < 4.78 is 17.1. The Balaban J connectivity index is 1.30. The van der Waals surface area contributed by atoms with Gasteiger partial charge >= 0.3 is 11.8 Å². The van der Waals surface area contributed by atoms with E-state index in [9.17, 15) is 23.9 Å². The topological polar surface area (TPSA) is 104 Å². The number of fused-ring (bicyclic) bond motifs is 1. The molecule has 49 heavy (non-hydrogen) atoms. The average molecular weight is 671 g/mol. The standard InChI is InChI=1S/C38H47FN6O4/c1-25(2)42-19-17-41(18-20-42)24-26-9-11-27(12-10-26)28-7-6-8-32(21-28)43-34-33(22-29(39)23-40-34)35(46)44(36(43)47)30-13-15-31(16-14-30)45(37(48)49)38(3,4)5/h6-12,21-23,25,30-31H,13-20,24H2,1-5H3,(H,48,49)/t30-,31+. The summed E-state index contributed by atoms with van der Waals surface area (Å²) in [6.45, 7) is 15.2. The first-order chi connectivity index (χ1) is 23.3. The molecule has 0 atom stereocenters. The van der Waals surface area contributed by atoms with E-state index in [1.807, 2.05) is 39.0 Å². The van der Waals surface area contributed by atoms with Crippen molar-refractivity contribution < 1.29 is 14.3 Å². The van der Waals surface area contributed by atoms with Gasteiger partial charge in [0.25, 0.3) is 5.56 Å². The Morgan fingerprint density at radius 2 is 1.63 bits per heavy atom. The first kappa shape index (κ1) is 34.5. The maximum Gasteiger partial charge on any atom is 0.407 e. The van der Waals surface area contributed by atoms with Gasteiger partial charge < -0.3 is 10.0 Å². The van der Waals surface area contributed by atoms with Gasteiger partial charge in [-0.2, -0.15) is 0 Å². The molecule has 1 amide bonds. The van der Waals surface area contributed by atoms with E-state index in [1.165, 1.54) is 19.6 Å². The van der Waals surface area contributed by atoms with Crippen LogP contribution in [0.4, 0.5) is 9.18 Å². The summed E-state index contributed by atoms with van der Waals surface area (Å²) in [6, 6.07) is 17.0. The van der Waals surface area contributed by atoms with E-state index >= 15 is 0 Å². The zero-order valence-electron chi connectivity index (χ0n) is 29.1. The summed E-state index contributed by atoms with van der Waals surface area (Å²) in [5.74, 6) is -0.664. The van der Waals surface area contributed by atoms with Crippen LogP contribution in [0.3, 0.4) is 0 Å². The SMILES string of the molecule is CC(C)N1CCN(Cc2ccc(-c3cccc(-n4c(=O)n([C@H]5CC[C@@H](N(C(=O)O)C(C)(C)C)CC5)c(=O)c5cc(F)cnc54)c3)cc2)CC1. The summed E-state index contributed by atoms with van der Waals surface area (Å²) in [5.41, 5.74) is 2.01. The fraction of sp³-hybridized carbons (Fsp3) is 0.474. The number of carboxylic acid groups (broad SMARTS) is 1. The molecule has 3 heterocycles. The van der Waals surface area contributed by atoms with E-state index in [0.29, 0.717) is 37.4 Å². The Morgan fingerprint density at radius 3 is 2.24 bits per heavy atom. The van der Waals surface area contributed by atoms with E-state index in [1.54, 1.807) is 6.07 Å². The maximum absolute atomic E-state index is 14.5. The van der Waals surface area contributed by atoms with Gasteiger partial charge in [-0.05, 0) is 95.2 Å². The van der Waals surface area contributed by atoms with Crippen LogP contribution in [-0.2, 0) is 6.54 Å². The highest BCUT2D eigenvalue weighted by Crippen LogP contribution is 2.33. The molecule has 1 saturated heterocycles.